The van der Waals surface area contributed by atoms with Crippen LogP contribution in [0.4, 0.5) is 0 Å². The second-order valence-electron chi connectivity index (χ2n) is 5.75. The predicted molar refractivity (Wildman–Crippen MR) is 93.6 cm³/mol. The second-order valence-corrected chi connectivity index (χ2v) is 6.86. The van der Waals surface area contributed by atoms with Crippen molar-refractivity contribution in [3.05, 3.63) is 54.1 Å². The van der Waals surface area contributed by atoms with E-state index in [1.165, 1.54) is 10.5 Å². The van der Waals surface area contributed by atoms with Crippen LogP contribution < -0.4 is 0 Å². The van der Waals surface area contributed by atoms with Gasteiger partial charge in [0.05, 0.1) is 0 Å². The van der Waals surface area contributed by atoms with Crippen LogP contribution in [0.2, 0.25) is 0 Å². The molecule has 0 radical (unpaired) electrons. The fourth-order valence-corrected chi connectivity index (χ4v) is 3.14. The molecular formula is C18H24N2OS. The van der Waals surface area contributed by atoms with Gasteiger partial charge in [0.15, 0.2) is 0 Å². The minimum absolute atomic E-state index is 0.311. The van der Waals surface area contributed by atoms with Crippen LogP contribution in [-0.4, -0.2) is 49.1 Å². The molecule has 2 aromatic rings. The molecule has 0 saturated carbocycles. The Morgan fingerprint density at radius 1 is 0.955 bits per heavy atom. The zero-order valence-electron chi connectivity index (χ0n) is 13.5. The zero-order valence-corrected chi connectivity index (χ0v) is 14.3. The summed E-state index contributed by atoms with van der Waals surface area (Å²) in [6, 6.07) is 15.9. The summed E-state index contributed by atoms with van der Waals surface area (Å²) in [6.07, 6.45) is 0. The van der Waals surface area contributed by atoms with Gasteiger partial charge < -0.3 is 14.9 Å². The summed E-state index contributed by atoms with van der Waals surface area (Å²) in [5.74, 6) is 0.311. The van der Waals surface area contributed by atoms with E-state index in [1.54, 1.807) is 23.9 Å². The van der Waals surface area contributed by atoms with Crippen LogP contribution in [-0.2, 0) is 6.54 Å². The van der Waals surface area contributed by atoms with Crippen LogP contribution in [0.3, 0.4) is 0 Å². The number of aromatic hydroxyl groups is 1. The molecule has 0 heterocycles. The summed E-state index contributed by atoms with van der Waals surface area (Å²) >= 11 is 1.70. The number of hydrogen-bond acceptors (Lipinski definition) is 4. The minimum atomic E-state index is 0.311. The third kappa shape index (κ3) is 5.37. The van der Waals surface area contributed by atoms with Crippen LogP contribution in [0.5, 0.6) is 5.75 Å². The molecule has 0 aliphatic rings. The van der Waals surface area contributed by atoms with Crippen LogP contribution in [0.1, 0.15) is 5.56 Å². The van der Waals surface area contributed by atoms with Crippen molar-refractivity contribution >= 4 is 11.8 Å². The first-order valence-electron chi connectivity index (χ1n) is 7.42. The molecule has 2 aromatic carbocycles. The lowest BCUT2D eigenvalue weighted by Gasteiger charge is -2.20. The lowest BCUT2D eigenvalue weighted by atomic mass is 10.2. The summed E-state index contributed by atoms with van der Waals surface area (Å²) in [5, 5.41) is 9.60. The standard InChI is InChI=1S/C18H24N2OS/c1-19(2)11-12-20(3)14-15-7-4-5-10-18(15)22-17-9-6-8-16(21)13-17/h4-10,13,21H,11-12,14H2,1-3H3. The topological polar surface area (TPSA) is 26.7 Å². The van der Waals surface area contributed by atoms with E-state index in [0.29, 0.717) is 5.75 Å². The average Bonchev–Trinajstić information content (AvgIpc) is 2.47. The molecule has 22 heavy (non-hydrogen) atoms. The van der Waals surface area contributed by atoms with Gasteiger partial charge in [0.25, 0.3) is 0 Å². The molecular weight excluding hydrogens is 292 g/mol. The van der Waals surface area contributed by atoms with Gasteiger partial charge in [-0.2, -0.15) is 0 Å². The first-order chi connectivity index (χ1) is 10.5. The first-order valence-corrected chi connectivity index (χ1v) is 8.24. The lowest BCUT2D eigenvalue weighted by Crippen LogP contribution is -2.28. The van der Waals surface area contributed by atoms with Crippen molar-refractivity contribution in [3.8, 4) is 5.75 Å². The van der Waals surface area contributed by atoms with Gasteiger partial charge in [-0.25, -0.2) is 0 Å². The molecule has 0 amide bonds. The molecule has 0 atom stereocenters. The largest absolute Gasteiger partial charge is 0.508 e. The molecule has 0 unspecified atom stereocenters. The maximum Gasteiger partial charge on any atom is 0.116 e. The molecule has 0 aliphatic heterocycles. The number of nitrogens with zero attached hydrogens (tertiary/aromatic N) is 2. The first kappa shape index (κ1) is 16.9. The fraction of sp³-hybridized carbons (Fsp3) is 0.333. The minimum Gasteiger partial charge on any atom is -0.508 e. The third-order valence-electron chi connectivity index (χ3n) is 3.39. The quantitative estimate of drug-likeness (QED) is 0.845. The van der Waals surface area contributed by atoms with Gasteiger partial charge in [-0.1, -0.05) is 36.0 Å². The second kappa shape index (κ2) is 8.22. The van der Waals surface area contributed by atoms with Crippen LogP contribution >= 0.6 is 11.8 Å². The number of phenolic OH excluding ortho intramolecular Hbond substituents is 1. The summed E-state index contributed by atoms with van der Waals surface area (Å²) in [6.45, 7) is 3.02. The Morgan fingerprint density at radius 3 is 2.45 bits per heavy atom. The van der Waals surface area contributed by atoms with E-state index in [2.05, 4.69) is 55.2 Å². The molecule has 4 heteroatoms. The average molecular weight is 316 g/mol. The van der Waals surface area contributed by atoms with E-state index >= 15 is 0 Å². The van der Waals surface area contributed by atoms with Gasteiger partial charge in [0.2, 0.25) is 0 Å². The molecule has 0 aliphatic carbocycles. The number of phenols is 1. The van der Waals surface area contributed by atoms with Crippen molar-refractivity contribution in [2.24, 2.45) is 0 Å². The van der Waals surface area contributed by atoms with Gasteiger partial charge >= 0.3 is 0 Å². The van der Waals surface area contributed by atoms with Crippen molar-refractivity contribution in [1.29, 1.82) is 0 Å². The van der Waals surface area contributed by atoms with Crippen molar-refractivity contribution in [2.45, 2.75) is 16.3 Å². The van der Waals surface area contributed by atoms with Crippen LogP contribution in [0.15, 0.2) is 58.3 Å². The Labute approximate surface area is 137 Å². The molecule has 0 spiro atoms. The summed E-state index contributed by atoms with van der Waals surface area (Å²) in [4.78, 5) is 6.83. The number of benzene rings is 2. The van der Waals surface area contributed by atoms with Gasteiger partial charge in [0.1, 0.15) is 5.75 Å². The number of likely N-dealkylation sites (N-methyl/N-ethyl adjacent to an activating group) is 2. The van der Waals surface area contributed by atoms with Crippen molar-refractivity contribution in [2.75, 3.05) is 34.2 Å². The Hall–Kier alpha value is -1.49. The Bertz CT molecular complexity index is 601. The van der Waals surface area contributed by atoms with E-state index in [1.807, 2.05) is 12.1 Å². The van der Waals surface area contributed by atoms with E-state index in [0.717, 1.165) is 24.5 Å². The highest BCUT2D eigenvalue weighted by Gasteiger charge is 2.07. The van der Waals surface area contributed by atoms with Crippen molar-refractivity contribution in [1.82, 2.24) is 9.80 Å². The highest BCUT2D eigenvalue weighted by atomic mass is 32.2. The van der Waals surface area contributed by atoms with E-state index in [-0.39, 0.29) is 0 Å². The maximum absolute atomic E-state index is 9.60. The Balaban J connectivity index is 2.06. The van der Waals surface area contributed by atoms with Crippen molar-refractivity contribution in [3.63, 3.8) is 0 Å². The van der Waals surface area contributed by atoms with Crippen LogP contribution in [0, 0.1) is 0 Å². The Morgan fingerprint density at radius 2 is 1.73 bits per heavy atom. The van der Waals surface area contributed by atoms with Crippen molar-refractivity contribution < 1.29 is 5.11 Å². The Kier molecular flexibility index (Phi) is 6.31. The molecule has 1 N–H and O–H groups in total. The smallest absolute Gasteiger partial charge is 0.116 e. The lowest BCUT2D eigenvalue weighted by molar-refractivity contribution is 0.275. The molecule has 0 aromatic heterocycles. The van der Waals surface area contributed by atoms with Gasteiger partial charge in [0, 0.05) is 29.4 Å². The molecule has 0 fully saturated rings. The molecule has 0 bridgehead atoms. The van der Waals surface area contributed by atoms with Gasteiger partial charge in [-0.3, -0.25) is 0 Å². The molecule has 118 valence electrons. The van der Waals surface area contributed by atoms with E-state index in [4.69, 9.17) is 0 Å². The summed E-state index contributed by atoms with van der Waals surface area (Å²) in [5.41, 5.74) is 1.32. The van der Waals surface area contributed by atoms with Gasteiger partial charge in [-0.05, 0) is 51.0 Å². The number of rotatable bonds is 7. The summed E-state index contributed by atoms with van der Waals surface area (Å²) in [7, 11) is 6.35. The molecule has 0 saturated heterocycles. The van der Waals surface area contributed by atoms with Gasteiger partial charge in [-0.15, -0.1) is 0 Å². The zero-order chi connectivity index (χ0) is 15.9. The number of hydrogen-bond donors (Lipinski definition) is 1. The molecule has 2 rings (SSSR count). The molecule has 3 nitrogen and oxygen atoms in total. The fourth-order valence-electron chi connectivity index (χ4n) is 2.15. The predicted octanol–water partition coefficient (Wildman–Crippen LogP) is 3.54. The normalized spacial score (nSPS) is 11.3. The van der Waals surface area contributed by atoms with Crippen LogP contribution in [0.25, 0.3) is 0 Å². The maximum atomic E-state index is 9.60. The SMILES string of the molecule is CN(C)CCN(C)Cc1ccccc1Sc1cccc(O)c1. The summed E-state index contributed by atoms with van der Waals surface area (Å²) < 4.78 is 0. The highest BCUT2D eigenvalue weighted by molar-refractivity contribution is 7.99. The third-order valence-corrected chi connectivity index (χ3v) is 4.50. The monoisotopic (exact) mass is 316 g/mol. The van der Waals surface area contributed by atoms with E-state index < -0.39 is 0 Å². The van der Waals surface area contributed by atoms with E-state index in [9.17, 15) is 5.11 Å². The highest BCUT2D eigenvalue weighted by Crippen LogP contribution is 2.32.